The van der Waals surface area contributed by atoms with Gasteiger partial charge in [-0.15, -0.1) is 0 Å². The lowest BCUT2D eigenvalue weighted by molar-refractivity contribution is -0.383. The molecule has 6 atom stereocenters. The van der Waals surface area contributed by atoms with Crippen molar-refractivity contribution in [3.63, 3.8) is 0 Å². The zero-order valence-corrected chi connectivity index (χ0v) is 33.0. The second-order valence-corrected chi connectivity index (χ2v) is 15.9. The van der Waals surface area contributed by atoms with Crippen LogP contribution in [0.1, 0.15) is 58.2 Å². The lowest BCUT2D eigenvalue weighted by Crippen LogP contribution is -2.81. The Morgan fingerprint density at radius 3 is 1.40 bits per heavy atom. The lowest BCUT2D eigenvalue weighted by atomic mass is 9.60. The maximum Gasteiger partial charge on any atom is 0.366 e. The molecule has 1 saturated heterocycles. The highest BCUT2D eigenvalue weighted by Crippen LogP contribution is 2.64. The van der Waals surface area contributed by atoms with Crippen molar-refractivity contribution in [1.82, 2.24) is 4.90 Å². The van der Waals surface area contributed by atoms with E-state index in [-0.39, 0.29) is 25.0 Å². The number of likely N-dealkylation sites (tertiary alicyclic amines) is 1. The van der Waals surface area contributed by atoms with Gasteiger partial charge in [0, 0.05) is 32.8 Å². The molecule has 0 N–H and O–H groups in total. The van der Waals surface area contributed by atoms with Gasteiger partial charge in [0.25, 0.3) is 5.90 Å². The van der Waals surface area contributed by atoms with Crippen molar-refractivity contribution in [2.45, 2.75) is 41.8 Å². The summed E-state index contributed by atoms with van der Waals surface area (Å²) in [6.07, 6.45) is 0. The molecule has 58 heavy (non-hydrogen) atoms. The largest absolute Gasteiger partial charge is 0.423 e. The summed E-state index contributed by atoms with van der Waals surface area (Å²) < 4.78 is 7.46. The molecular formula is C48H38Cl2N4O4. The van der Waals surface area contributed by atoms with E-state index in [1.54, 1.807) is 0 Å². The molecule has 0 bridgehead atoms. The van der Waals surface area contributed by atoms with Crippen LogP contribution in [0.4, 0.5) is 0 Å². The number of nitrogens with zero attached hydrogens (tertiary/aromatic N) is 4. The zero-order valence-electron chi connectivity index (χ0n) is 31.5. The monoisotopic (exact) mass is 804 g/mol. The molecule has 8 nitrogen and oxygen atoms in total. The number of piperidine rings is 1. The molecule has 6 aromatic rings. The summed E-state index contributed by atoms with van der Waals surface area (Å²) >= 11 is 14.5. The Balaban J connectivity index is 1.28. The first-order valence-corrected chi connectivity index (χ1v) is 20.1. The first-order chi connectivity index (χ1) is 28.4. The van der Waals surface area contributed by atoms with Crippen LogP contribution >= 0.6 is 23.2 Å². The second-order valence-electron chi connectivity index (χ2n) is 15.1. The normalized spacial score (nSPS) is 26.6. The molecule has 0 saturated carbocycles. The van der Waals surface area contributed by atoms with Crippen LogP contribution in [0.2, 0.25) is 10.0 Å². The molecule has 10 heteroatoms. The van der Waals surface area contributed by atoms with Crippen LogP contribution in [0.5, 0.6) is 0 Å². The van der Waals surface area contributed by atoms with Gasteiger partial charge >= 0.3 is 5.79 Å². The van der Waals surface area contributed by atoms with Gasteiger partial charge in [-0.3, -0.25) is 4.90 Å². The van der Waals surface area contributed by atoms with Crippen LogP contribution in [-0.4, -0.2) is 52.3 Å². The molecular weight excluding hydrogens is 767 g/mol. The van der Waals surface area contributed by atoms with Crippen LogP contribution in [0, 0.1) is 0 Å². The van der Waals surface area contributed by atoms with Gasteiger partial charge in [-0.05, 0) is 53.0 Å². The third-order valence-electron chi connectivity index (χ3n) is 12.0. The molecule has 0 aromatic heterocycles. The molecule has 3 spiro atoms. The molecule has 288 valence electrons. The highest BCUT2D eigenvalue weighted by molar-refractivity contribution is 6.32. The number of fused-ring (bicyclic) bond motifs is 2. The second kappa shape index (κ2) is 14.5. The maximum absolute atomic E-state index is 7.46. The van der Waals surface area contributed by atoms with E-state index in [0.29, 0.717) is 21.5 Å². The summed E-state index contributed by atoms with van der Waals surface area (Å²) in [7, 11) is 0. The standard InChI is InChI=1S/C48H38Cl2N4O4/c1-32(33-18-6-2-7-19-33)54-30-46(41(37-26-14-16-28-39(37)49)43(51-56-46)34-20-8-3-9-21-34)48(55-45(53-58-48)36-24-12-5-13-25-36)47(31-54)42(38-27-15-17-29-40(38)50)44(52-57-47)35-22-10-4-11-23-35/h2-29,32,41-42H,30-31H2,1H3/t32-,41-,42-,46-,47+,48?/m1/s1. The van der Waals surface area contributed by atoms with Gasteiger partial charge in [-0.1, -0.05) is 179 Å². The van der Waals surface area contributed by atoms with Crippen LogP contribution in [0.3, 0.4) is 0 Å². The number of rotatable bonds is 7. The van der Waals surface area contributed by atoms with Crippen LogP contribution in [0.25, 0.3) is 0 Å². The first kappa shape index (κ1) is 36.4. The number of benzene rings is 6. The third kappa shape index (κ3) is 5.57. The van der Waals surface area contributed by atoms with Crippen LogP contribution in [0.15, 0.2) is 185 Å². The summed E-state index contributed by atoms with van der Waals surface area (Å²) in [5.74, 6) is -2.94. The van der Waals surface area contributed by atoms with E-state index in [4.69, 9.17) is 57.9 Å². The summed E-state index contributed by atoms with van der Waals surface area (Å²) in [5, 5.41) is 15.9. The topological polar surface area (TPSA) is 77.2 Å². The van der Waals surface area contributed by atoms with E-state index in [1.807, 2.05) is 146 Å². The zero-order chi connectivity index (χ0) is 39.3. The average Bonchev–Trinajstić information content (AvgIpc) is 4.00. The number of oxime groups is 3. The Bertz CT molecular complexity index is 2430. The van der Waals surface area contributed by atoms with Crippen molar-refractivity contribution in [2.24, 2.45) is 15.5 Å². The molecule has 6 aromatic carbocycles. The SMILES string of the molecule is C[C@H](c1ccccc1)N1C[C@@]2(ON=C(c3ccccc3)[C@H]2c2ccccc2Cl)C2(ON=C(c3ccccc3)O2)[C@]2(C1)ON=C(c1ccccc1)[C@H]2c1ccccc1Cl. The summed E-state index contributed by atoms with van der Waals surface area (Å²) in [6, 6.07) is 55.5. The van der Waals surface area contributed by atoms with Crippen molar-refractivity contribution in [2.75, 3.05) is 13.1 Å². The number of hydrogen-bond acceptors (Lipinski definition) is 8. The molecule has 4 aliphatic rings. The summed E-state index contributed by atoms with van der Waals surface area (Å²) in [4.78, 5) is 23.7. The van der Waals surface area contributed by atoms with E-state index in [1.165, 1.54) is 0 Å². The van der Waals surface area contributed by atoms with Crippen molar-refractivity contribution in [3.8, 4) is 0 Å². The van der Waals surface area contributed by atoms with E-state index in [9.17, 15) is 0 Å². The molecule has 0 radical (unpaired) electrons. The van der Waals surface area contributed by atoms with Crippen molar-refractivity contribution >= 4 is 40.5 Å². The third-order valence-corrected chi connectivity index (χ3v) is 12.7. The van der Waals surface area contributed by atoms with Gasteiger partial charge in [-0.2, -0.15) is 0 Å². The summed E-state index contributed by atoms with van der Waals surface area (Å²) in [6.45, 7) is 2.71. The first-order valence-electron chi connectivity index (χ1n) is 19.4. The van der Waals surface area contributed by atoms with Gasteiger partial charge in [-0.25, -0.2) is 0 Å². The minimum absolute atomic E-state index is 0.157. The van der Waals surface area contributed by atoms with Gasteiger partial charge in [0.2, 0.25) is 11.2 Å². The quantitative estimate of drug-likeness (QED) is 0.161. The van der Waals surface area contributed by atoms with Gasteiger partial charge in [0.15, 0.2) is 0 Å². The Morgan fingerprint density at radius 1 is 0.517 bits per heavy atom. The molecule has 4 heterocycles. The smallest absolute Gasteiger partial charge is 0.366 e. The number of halogens is 2. The van der Waals surface area contributed by atoms with Crippen LogP contribution in [-0.2, 0) is 19.2 Å². The maximum atomic E-state index is 7.46. The molecule has 1 fully saturated rings. The van der Waals surface area contributed by atoms with E-state index in [0.717, 1.165) is 33.4 Å². The fraction of sp³-hybridized carbons (Fsp3) is 0.188. The highest BCUT2D eigenvalue weighted by Gasteiger charge is 2.86. The predicted octanol–water partition coefficient (Wildman–Crippen LogP) is 10.4. The van der Waals surface area contributed by atoms with Crippen LogP contribution < -0.4 is 0 Å². The fourth-order valence-corrected chi connectivity index (χ4v) is 9.76. The van der Waals surface area contributed by atoms with E-state index >= 15 is 0 Å². The van der Waals surface area contributed by atoms with E-state index < -0.39 is 28.8 Å². The predicted molar refractivity (Wildman–Crippen MR) is 226 cm³/mol. The van der Waals surface area contributed by atoms with Crippen molar-refractivity contribution in [1.29, 1.82) is 0 Å². The number of hydrogen-bond donors (Lipinski definition) is 0. The van der Waals surface area contributed by atoms with Gasteiger partial charge < -0.3 is 19.2 Å². The highest BCUT2D eigenvalue weighted by atomic mass is 35.5. The average molecular weight is 806 g/mol. The molecule has 0 amide bonds. The Hall–Kier alpha value is -5.93. The molecule has 10 rings (SSSR count). The Morgan fingerprint density at radius 2 is 0.931 bits per heavy atom. The molecule has 0 aliphatic carbocycles. The van der Waals surface area contributed by atoms with Crippen molar-refractivity contribution < 1.29 is 19.2 Å². The fourth-order valence-electron chi connectivity index (χ4n) is 9.27. The summed E-state index contributed by atoms with van der Waals surface area (Å²) in [5.41, 5.74) is 3.39. The minimum Gasteiger partial charge on any atom is -0.423 e. The lowest BCUT2D eigenvalue weighted by Gasteiger charge is -2.58. The van der Waals surface area contributed by atoms with Crippen molar-refractivity contribution in [3.05, 3.63) is 213 Å². The van der Waals surface area contributed by atoms with E-state index in [2.05, 4.69) is 36.1 Å². The Kier molecular flexibility index (Phi) is 9.08. The van der Waals surface area contributed by atoms with Gasteiger partial charge in [0.1, 0.15) is 0 Å². The minimum atomic E-state index is -1.87. The molecule has 1 unspecified atom stereocenters. The Labute approximate surface area is 346 Å². The molecule has 4 aliphatic heterocycles. The van der Waals surface area contributed by atoms with Gasteiger partial charge in [0.05, 0.1) is 36.3 Å². The number of ether oxygens (including phenoxy) is 1.